The van der Waals surface area contributed by atoms with Crippen molar-refractivity contribution in [3.63, 3.8) is 0 Å². The first-order chi connectivity index (χ1) is 11.2. The van der Waals surface area contributed by atoms with Crippen LogP contribution >= 0.6 is 0 Å². The number of fused-ring (bicyclic) bond motifs is 1. The lowest BCUT2D eigenvalue weighted by molar-refractivity contribution is 0.0947. The van der Waals surface area contributed by atoms with Gasteiger partial charge in [-0.25, -0.2) is 0 Å². The van der Waals surface area contributed by atoms with Gasteiger partial charge in [-0.1, -0.05) is 38.0 Å². The molecule has 1 aliphatic carbocycles. The monoisotopic (exact) mass is 312 g/mol. The van der Waals surface area contributed by atoms with Crippen LogP contribution in [0.2, 0.25) is 0 Å². The third-order valence-corrected chi connectivity index (χ3v) is 4.43. The van der Waals surface area contributed by atoms with Crippen LogP contribution in [0.3, 0.4) is 0 Å². The highest BCUT2D eigenvalue weighted by atomic mass is 16.1. The van der Waals surface area contributed by atoms with E-state index in [4.69, 9.17) is 5.73 Å². The molecule has 0 radical (unpaired) electrons. The fourth-order valence-electron chi connectivity index (χ4n) is 2.79. The van der Waals surface area contributed by atoms with E-state index in [1.807, 2.05) is 12.1 Å². The molecule has 0 spiro atoms. The molecule has 0 unspecified atom stereocenters. The normalized spacial score (nSPS) is 14.1. The molecule has 1 fully saturated rings. The molecule has 23 heavy (non-hydrogen) atoms. The van der Waals surface area contributed by atoms with Gasteiger partial charge in [0.1, 0.15) is 0 Å². The number of nitrogens with zero attached hydrogens (tertiary/aromatic N) is 2. The minimum absolute atomic E-state index is 0.222. The predicted octanol–water partition coefficient (Wildman–Crippen LogP) is 3.08. The molecule has 1 heterocycles. The van der Waals surface area contributed by atoms with Crippen LogP contribution in [-0.4, -0.2) is 22.6 Å². The predicted molar refractivity (Wildman–Crippen MR) is 92.2 cm³/mol. The van der Waals surface area contributed by atoms with Gasteiger partial charge in [-0.2, -0.15) is 0 Å². The Hall–Kier alpha value is -2.17. The summed E-state index contributed by atoms with van der Waals surface area (Å²) in [6, 6.07) is 5.97. The summed E-state index contributed by atoms with van der Waals surface area (Å²) in [6.45, 7) is 2.89. The van der Waals surface area contributed by atoms with Gasteiger partial charge in [0, 0.05) is 11.9 Å². The van der Waals surface area contributed by atoms with E-state index in [1.54, 1.807) is 0 Å². The summed E-state index contributed by atoms with van der Waals surface area (Å²) in [5.74, 6) is 0.402. The number of hydrogen-bond acceptors (Lipinski definition) is 4. The standard InChI is InChI=1S/C18H24N4O/c1-2-3-4-6-13-7-5-8-14-15(19)17(22-21-16(13)14)18(23)20-11-12-9-10-12/h5,7-8,12H,2-4,6,9-11H2,1H3,(H2,19,21)(H,20,23). The maximum absolute atomic E-state index is 12.2. The number of unbranched alkanes of at least 4 members (excludes halogenated alkanes) is 2. The van der Waals surface area contributed by atoms with E-state index in [0.717, 1.165) is 29.3 Å². The van der Waals surface area contributed by atoms with Crippen LogP contribution in [-0.2, 0) is 6.42 Å². The van der Waals surface area contributed by atoms with Gasteiger partial charge in [0.25, 0.3) is 5.91 Å². The summed E-state index contributed by atoms with van der Waals surface area (Å²) >= 11 is 0. The van der Waals surface area contributed by atoms with Crippen molar-refractivity contribution in [2.24, 2.45) is 5.92 Å². The van der Waals surface area contributed by atoms with Crippen molar-refractivity contribution >= 4 is 22.5 Å². The molecule has 1 aliphatic rings. The Morgan fingerprint density at radius 2 is 2.13 bits per heavy atom. The van der Waals surface area contributed by atoms with Crippen LogP contribution in [0, 0.1) is 5.92 Å². The number of nitrogens with two attached hydrogens (primary N) is 1. The summed E-state index contributed by atoms with van der Waals surface area (Å²) < 4.78 is 0. The highest BCUT2D eigenvalue weighted by Gasteiger charge is 2.23. The Kier molecular flexibility index (Phi) is 4.74. The molecule has 1 amide bonds. The molecular weight excluding hydrogens is 288 g/mol. The number of aryl methyl sites for hydroxylation is 1. The minimum atomic E-state index is -0.222. The Balaban J connectivity index is 1.84. The minimum Gasteiger partial charge on any atom is -0.396 e. The van der Waals surface area contributed by atoms with Crippen molar-refractivity contribution in [3.05, 3.63) is 29.5 Å². The molecule has 2 aromatic rings. The van der Waals surface area contributed by atoms with Crippen molar-refractivity contribution in [3.8, 4) is 0 Å². The molecule has 1 aromatic carbocycles. The molecule has 1 saturated carbocycles. The third-order valence-electron chi connectivity index (χ3n) is 4.43. The summed E-state index contributed by atoms with van der Waals surface area (Å²) in [6.07, 6.45) is 6.86. The summed E-state index contributed by atoms with van der Waals surface area (Å²) in [5, 5.41) is 12.1. The Morgan fingerprint density at radius 3 is 2.87 bits per heavy atom. The molecule has 1 aromatic heterocycles. The Bertz CT molecular complexity index is 709. The quantitative estimate of drug-likeness (QED) is 0.770. The zero-order valence-corrected chi connectivity index (χ0v) is 13.6. The van der Waals surface area contributed by atoms with Crippen LogP contribution in [0.25, 0.3) is 10.9 Å². The lowest BCUT2D eigenvalue weighted by Gasteiger charge is -2.10. The molecule has 5 nitrogen and oxygen atoms in total. The van der Waals surface area contributed by atoms with Gasteiger partial charge in [0.05, 0.1) is 11.2 Å². The van der Waals surface area contributed by atoms with Crippen molar-refractivity contribution in [1.82, 2.24) is 15.5 Å². The molecule has 3 N–H and O–H groups in total. The highest BCUT2D eigenvalue weighted by Crippen LogP contribution is 2.28. The second kappa shape index (κ2) is 6.94. The fraction of sp³-hybridized carbons (Fsp3) is 0.500. The molecule has 0 aliphatic heterocycles. The number of nitrogen functional groups attached to an aromatic ring is 1. The van der Waals surface area contributed by atoms with Crippen molar-refractivity contribution < 1.29 is 4.79 Å². The SMILES string of the molecule is CCCCCc1cccc2c(N)c(C(=O)NCC3CC3)nnc12. The first kappa shape index (κ1) is 15.7. The second-order valence-electron chi connectivity index (χ2n) is 6.39. The number of nitrogens with one attached hydrogen (secondary N) is 1. The van der Waals surface area contributed by atoms with Crippen LogP contribution in [0.15, 0.2) is 18.2 Å². The lowest BCUT2D eigenvalue weighted by Crippen LogP contribution is -2.27. The first-order valence-corrected chi connectivity index (χ1v) is 8.52. The Labute approximate surface area is 136 Å². The molecule has 122 valence electrons. The number of benzene rings is 1. The van der Waals surface area contributed by atoms with Crippen LogP contribution in [0.1, 0.15) is 55.1 Å². The largest absolute Gasteiger partial charge is 0.396 e. The number of aromatic nitrogens is 2. The molecule has 0 saturated heterocycles. The zero-order chi connectivity index (χ0) is 16.2. The molecule has 0 bridgehead atoms. The lowest BCUT2D eigenvalue weighted by atomic mass is 10.0. The fourth-order valence-corrected chi connectivity index (χ4v) is 2.79. The van der Waals surface area contributed by atoms with E-state index in [2.05, 4.69) is 28.5 Å². The smallest absolute Gasteiger partial charge is 0.273 e. The van der Waals surface area contributed by atoms with Crippen LogP contribution in [0.5, 0.6) is 0 Å². The first-order valence-electron chi connectivity index (χ1n) is 8.52. The third kappa shape index (κ3) is 3.60. The van der Waals surface area contributed by atoms with E-state index in [-0.39, 0.29) is 11.6 Å². The van der Waals surface area contributed by atoms with E-state index < -0.39 is 0 Å². The topological polar surface area (TPSA) is 80.9 Å². The van der Waals surface area contributed by atoms with Crippen molar-refractivity contribution in [2.45, 2.75) is 45.4 Å². The van der Waals surface area contributed by atoms with Gasteiger partial charge >= 0.3 is 0 Å². The molecule has 3 rings (SSSR count). The number of amides is 1. The number of carbonyl (C=O) groups excluding carboxylic acids is 1. The highest BCUT2D eigenvalue weighted by molar-refractivity contribution is 6.04. The van der Waals surface area contributed by atoms with Gasteiger partial charge < -0.3 is 11.1 Å². The van der Waals surface area contributed by atoms with E-state index >= 15 is 0 Å². The maximum atomic E-state index is 12.2. The average Bonchev–Trinajstić information content (AvgIpc) is 3.38. The maximum Gasteiger partial charge on any atom is 0.273 e. The summed E-state index contributed by atoms with van der Waals surface area (Å²) in [5.41, 5.74) is 8.85. The van der Waals surface area contributed by atoms with Gasteiger partial charge in [0.2, 0.25) is 0 Å². The second-order valence-corrected chi connectivity index (χ2v) is 6.39. The molecule has 0 atom stereocenters. The van der Waals surface area contributed by atoms with Crippen molar-refractivity contribution in [1.29, 1.82) is 0 Å². The summed E-state index contributed by atoms with van der Waals surface area (Å²) in [4.78, 5) is 12.2. The summed E-state index contributed by atoms with van der Waals surface area (Å²) in [7, 11) is 0. The van der Waals surface area contributed by atoms with Gasteiger partial charge in [-0.3, -0.25) is 4.79 Å². The molecule has 5 heteroatoms. The van der Waals surface area contributed by atoms with E-state index in [1.165, 1.54) is 25.7 Å². The van der Waals surface area contributed by atoms with Gasteiger partial charge in [-0.15, -0.1) is 10.2 Å². The molecular formula is C18H24N4O. The number of anilines is 1. The average molecular weight is 312 g/mol. The van der Waals surface area contributed by atoms with Gasteiger partial charge in [0.15, 0.2) is 5.69 Å². The zero-order valence-electron chi connectivity index (χ0n) is 13.6. The van der Waals surface area contributed by atoms with Crippen LogP contribution < -0.4 is 11.1 Å². The van der Waals surface area contributed by atoms with Gasteiger partial charge in [-0.05, 0) is 37.2 Å². The number of carbonyl (C=O) groups is 1. The van der Waals surface area contributed by atoms with Crippen LogP contribution in [0.4, 0.5) is 5.69 Å². The van der Waals surface area contributed by atoms with Crippen molar-refractivity contribution in [2.75, 3.05) is 12.3 Å². The number of hydrogen-bond donors (Lipinski definition) is 2. The van der Waals surface area contributed by atoms with E-state index in [9.17, 15) is 4.79 Å². The number of rotatable bonds is 7. The Morgan fingerprint density at radius 1 is 1.30 bits per heavy atom. The van der Waals surface area contributed by atoms with E-state index in [0.29, 0.717) is 18.2 Å².